The molecule has 1 aliphatic heterocycles. The summed E-state index contributed by atoms with van der Waals surface area (Å²) < 4.78 is 12.3. The lowest BCUT2D eigenvalue weighted by Crippen LogP contribution is -2.44. The van der Waals surface area contributed by atoms with Gasteiger partial charge in [0.2, 0.25) is 0 Å². The maximum atomic E-state index is 6.19. The van der Waals surface area contributed by atoms with E-state index in [2.05, 4.69) is 56.9 Å². The van der Waals surface area contributed by atoms with Gasteiger partial charge in [0.05, 0.1) is 11.2 Å². The molecule has 2 aromatic rings. The first-order valence-corrected chi connectivity index (χ1v) is 6.88. The number of aromatic amines is 1. The van der Waals surface area contributed by atoms with Crippen molar-refractivity contribution in [1.82, 2.24) is 4.98 Å². The van der Waals surface area contributed by atoms with Gasteiger partial charge in [0, 0.05) is 11.7 Å². The average Bonchev–Trinajstić information content (AvgIpc) is 2.92. The number of H-pyrrole nitrogens is 1. The summed E-state index contributed by atoms with van der Waals surface area (Å²) in [7, 11) is -0.278. The van der Waals surface area contributed by atoms with Crippen LogP contribution in [0, 0.1) is 0 Å². The van der Waals surface area contributed by atoms with Crippen molar-refractivity contribution < 1.29 is 9.31 Å². The lowest BCUT2D eigenvalue weighted by molar-refractivity contribution is -0.0118. The maximum Gasteiger partial charge on any atom is 0.494 e. The molecule has 3 nitrogen and oxygen atoms in total. The highest BCUT2D eigenvalue weighted by molar-refractivity contribution is 6.62. The SMILES string of the molecule is CCC1(C)OB(c2ccc3[nH]ccc3c2)OC1(C)C. The molecule has 1 fully saturated rings. The van der Waals surface area contributed by atoms with Crippen LogP contribution in [0.1, 0.15) is 34.1 Å². The van der Waals surface area contributed by atoms with E-state index < -0.39 is 0 Å². The Hall–Kier alpha value is -1.26. The molecule has 1 aliphatic rings. The summed E-state index contributed by atoms with van der Waals surface area (Å²) in [6, 6.07) is 8.35. The zero-order chi connectivity index (χ0) is 13.7. The second-order valence-electron chi connectivity index (χ2n) is 5.99. The van der Waals surface area contributed by atoms with E-state index in [0.717, 1.165) is 17.4 Å². The third-order valence-electron chi connectivity index (χ3n) is 4.57. The number of fused-ring (bicyclic) bond motifs is 1. The van der Waals surface area contributed by atoms with Crippen LogP contribution in [-0.4, -0.2) is 23.3 Å². The standard InChI is InChI=1S/C15H20BNO2/c1-5-15(4)14(2,3)18-16(19-15)12-6-7-13-11(10-12)8-9-17-13/h6-10,17H,5H2,1-4H3. The van der Waals surface area contributed by atoms with Crippen molar-refractivity contribution in [1.29, 1.82) is 0 Å². The summed E-state index contributed by atoms with van der Waals surface area (Å²) in [5.41, 5.74) is 1.70. The molecular weight excluding hydrogens is 237 g/mol. The molecule has 1 saturated heterocycles. The monoisotopic (exact) mass is 257 g/mol. The number of benzene rings is 1. The van der Waals surface area contributed by atoms with Crippen molar-refractivity contribution in [3.8, 4) is 0 Å². The topological polar surface area (TPSA) is 34.2 Å². The van der Waals surface area contributed by atoms with Gasteiger partial charge in [-0.25, -0.2) is 0 Å². The largest absolute Gasteiger partial charge is 0.494 e. The van der Waals surface area contributed by atoms with Crippen LogP contribution >= 0.6 is 0 Å². The summed E-state index contributed by atoms with van der Waals surface area (Å²) in [6.07, 6.45) is 2.88. The van der Waals surface area contributed by atoms with Crippen molar-refractivity contribution in [2.45, 2.75) is 45.3 Å². The van der Waals surface area contributed by atoms with Gasteiger partial charge < -0.3 is 14.3 Å². The average molecular weight is 257 g/mol. The molecule has 1 unspecified atom stereocenters. The normalized spacial score (nSPS) is 26.2. The van der Waals surface area contributed by atoms with Gasteiger partial charge in [0.15, 0.2) is 0 Å². The van der Waals surface area contributed by atoms with E-state index in [9.17, 15) is 0 Å². The molecule has 19 heavy (non-hydrogen) atoms. The predicted octanol–water partition coefficient (Wildman–Crippen LogP) is 2.86. The van der Waals surface area contributed by atoms with E-state index in [1.165, 1.54) is 5.39 Å². The summed E-state index contributed by atoms with van der Waals surface area (Å²) in [5.74, 6) is 0. The number of hydrogen-bond donors (Lipinski definition) is 1. The molecular formula is C15H20BNO2. The van der Waals surface area contributed by atoms with E-state index in [-0.39, 0.29) is 18.3 Å². The minimum atomic E-state index is -0.278. The summed E-state index contributed by atoms with van der Waals surface area (Å²) in [6.45, 7) is 8.47. The summed E-state index contributed by atoms with van der Waals surface area (Å²) in [5, 5.41) is 1.19. The minimum absolute atomic E-state index is 0.245. The van der Waals surface area contributed by atoms with E-state index in [1.54, 1.807) is 0 Å². The minimum Gasteiger partial charge on any atom is -0.399 e. The van der Waals surface area contributed by atoms with Gasteiger partial charge in [-0.15, -0.1) is 0 Å². The second kappa shape index (κ2) is 4.12. The number of hydrogen-bond acceptors (Lipinski definition) is 2. The molecule has 0 aliphatic carbocycles. The van der Waals surface area contributed by atoms with Crippen molar-refractivity contribution in [3.05, 3.63) is 30.5 Å². The molecule has 0 radical (unpaired) electrons. The molecule has 1 aromatic carbocycles. The Balaban J connectivity index is 1.95. The van der Waals surface area contributed by atoms with E-state index in [4.69, 9.17) is 9.31 Å². The van der Waals surface area contributed by atoms with Crippen LogP contribution < -0.4 is 5.46 Å². The van der Waals surface area contributed by atoms with Crippen LogP contribution in [0.5, 0.6) is 0 Å². The molecule has 3 rings (SSSR count). The molecule has 1 aromatic heterocycles. The van der Waals surface area contributed by atoms with E-state index >= 15 is 0 Å². The molecule has 0 saturated carbocycles. The van der Waals surface area contributed by atoms with Gasteiger partial charge in [-0.1, -0.05) is 19.1 Å². The fraction of sp³-hybridized carbons (Fsp3) is 0.467. The van der Waals surface area contributed by atoms with Crippen molar-refractivity contribution in [2.75, 3.05) is 0 Å². The Morgan fingerprint density at radius 1 is 1.16 bits per heavy atom. The van der Waals surface area contributed by atoms with E-state index in [0.29, 0.717) is 0 Å². The van der Waals surface area contributed by atoms with Crippen molar-refractivity contribution in [2.24, 2.45) is 0 Å². The molecule has 1 atom stereocenters. The van der Waals surface area contributed by atoms with Gasteiger partial charge >= 0.3 is 7.12 Å². The molecule has 1 N–H and O–H groups in total. The highest BCUT2D eigenvalue weighted by atomic mass is 16.7. The van der Waals surface area contributed by atoms with Crippen molar-refractivity contribution >= 4 is 23.5 Å². The first-order chi connectivity index (χ1) is 8.95. The summed E-state index contributed by atoms with van der Waals surface area (Å²) >= 11 is 0. The lowest BCUT2D eigenvalue weighted by atomic mass is 9.78. The lowest BCUT2D eigenvalue weighted by Gasteiger charge is -2.35. The maximum absolute atomic E-state index is 6.19. The Morgan fingerprint density at radius 2 is 1.95 bits per heavy atom. The molecule has 4 heteroatoms. The van der Waals surface area contributed by atoms with Crippen LogP contribution in [0.25, 0.3) is 10.9 Å². The number of aromatic nitrogens is 1. The Kier molecular flexibility index (Phi) is 2.77. The fourth-order valence-corrected chi connectivity index (χ4v) is 2.66. The zero-order valence-electron chi connectivity index (χ0n) is 12.0. The molecule has 100 valence electrons. The van der Waals surface area contributed by atoms with Gasteiger partial charge in [-0.3, -0.25) is 0 Å². The van der Waals surface area contributed by atoms with Crippen LogP contribution in [0.4, 0.5) is 0 Å². The van der Waals surface area contributed by atoms with Crippen LogP contribution in [0.2, 0.25) is 0 Å². The Labute approximate surface area is 114 Å². The summed E-state index contributed by atoms with van der Waals surface area (Å²) in [4.78, 5) is 3.20. The van der Waals surface area contributed by atoms with Crippen LogP contribution in [0.3, 0.4) is 0 Å². The quantitative estimate of drug-likeness (QED) is 0.839. The van der Waals surface area contributed by atoms with Gasteiger partial charge in [0.25, 0.3) is 0 Å². The third kappa shape index (κ3) is 1.90. The third-order valence-corrected chi connectivity index (χ3v) is 4.57. The van der Waals surface area contributed by atoms with E-state index in [1.807, 2.05) is 6.20 Å². The molecule has 0 spiro atoms. The fourth-order valence-electron chi connectivity index (χ4n) is 2.66. The Bertz CT molecular complexity index is 607. The number of rotatable bonds is 2. The highest BCUT2D eigenvalue weighted by Gasteiger charge is 2.53. The first-order valence-electron chi connectivity index (χ1n) is 6.88. The molecule has 0 amide bonds. The van der Waals surface area contributed by atoms with Crippen molar-refractivity contribution in [3.63, 3.8) is 0 Å². The predicted molar refractivity (Wildman–Crippen MR) is 78.6 cm³/mol. The first kappa shape index (κ1) is 12.8. The van der Waals surface area contributed by atoms with Gasteiger partial charge in [-0.2, -0.15) is 0 Å². The molecule has 0 bridgehead atoms. The second-order valence-corrected chi connectivity index (χ2v) is 5.99. The van der Waals surface area contributed by atoms with Gasteiger partial charge in [-0.05, 0) is 50.2 Å². The highest BCUT2D eigenvalue weighted by Crippen LogP contribution is 2.39. The molecule has 2 heterocycles. The number of nitrogens with one attached hydrogen (secondary N) is 1. The van der Waals surface area contributed by atoms with Crippen LogP contribution in [-0.2, 0) is 9.31 Å². The van der Waals surface area contributed by atoms with Gasteiger partial charge in [0.1, 0.15) is 0 Å². The Morgan fingerprint density at radius 3 is 2.63 bits per heavy atom. The smallest absolute Gasteiger partial charge is 0.399 e. The zero-order valence-corrected chi connectivity index (χ0v) is 12.0. The van der Waals surface area contributed by atoms with Crippen LogP contribution in [0.15, 0.2) is 30.5 Å².